The Morgan fingerprint density at radius 3 is 2.96 bits per heavy atom. The molecule has 6 nitrogen and oxygen atoms in total. The number of benzene rings is 1. The second-order valence-corrected chi connectivity index (χ2v) is 7.08. The van der Waals surface area contributed by atoms with E-state index in [9.17, 15) is 8.78 Å². The van der Waals surface area contributed by atoms with Gasteiger partial charge in [0, 0.05) is 23.0 Å². The zero-order valence-electron chi connectivity index (χ0n) is 14.5. The minimum Gasteiger partial charge on any atom is -0.382 e. The quantitative estimate of drug-likeness (QED) is 0.588. The second kappa shape index (κ2) is 6.53. The van der Waals surface area contributed by atoms with Crippen molar-refractivity contribution in [3.05, 3.63) is 47.1 Å². The highest BCUT2D eigenvalue weighted by molar-refractivity contribution is 6.31. The van der Waals surface area contributed by atoms with Crippen molar-refractivity contribution < 1.29 is 8.78 Å². The molecule has 140 valence electrons. The summed E-state index contributed by atoms with van der Waals surface area (Å²) >= 11 is 6.14. The zero-order chi connectivity index (χ0) is 19.2. The lowest BCUT2D eigenvalue weighted by molar-refractivity contribution is -0.122. The molecule has 3 aromatic rings. The van der Waals surface area contributed by atoms with Crippen molar-refractivity contribution in [2.75, 3.05) is 0 Å². The highest BCUT2D eigenvalue weighted by Crippen LogP contribution is 2.49. The van der Waals surface area contributed by atoms with Crippen LogP contribution in [-0.2, 0) is 6.54 Å². The average molecular weight is 391 g/mol. The topological polar surface area (TPSA) is 79.0 Å². The van der Waals surface area contributed by atoms with Gasteiger partial charge in [0.2, 0.25) is 0 Å². The average Bonchev–Trinajstić information content (AvgIpc) is 2.99. The first-order chi connectivity index (χ1) is 12.9. The van der Waals surface area contributed by atoms with Gasteiger partial charge in [-0.15, -0.1) is 0 Å². The van der Waals surface area contributed by atoms with E-state index < -0.39 is 12.0 Å². The van der Waals surface area contributed by atoms with E-state index in [-0.39, 0.29) is 13.0 Å². The highest BCUT2D eigenvalue weighted by Gasteiger charge is 2.50. The highest BCUT2D eigenvalue weighted by atomic mass is 35.5. The van der Waals surface area contributed by atoms with Gasteiger partial charge >= 0.3 is 0 Å². The van der Waals surface area contributed by atoms with Gasteiger partial charge in [-0.1, -0.05) is 11.6 Å². The third kappa shape index (κ3) is 3.03. The summed E-state index contributed by atoms with van der Waals surface area (Å²) in [5.41, 5.74) is 9.30. The molecule has 0 aliphatic heterocycles. The van der Waals surface area contributed by atoms with E-state index >= 15 is 0 Å². The molecular formula is C18H17ClF2N6. The van der Waals surface area contributed by atoms with E-state index in [0.29, 0.717) is 44.9 Å². The summed E-state index contributed by atoms with van der Waals surface area (Å²) in [6, 6.07) is 4.28. The van der Waals surface area contributed by atoms with Crippen LogP contribution in [0.4, 0.5) is 8.78 Å². The van der Waals surface area contributed by atoms with Crippen LogP contribution in [0.3, 0.4) is 0 Å². The molecule has 1 aliphatic carbocycles. The molecule has 9 heteroatoms. The lowest BCUT2D eigenvalue weighted by Crippen LogP contribution is -2.41. The molecule has 2 heterocycles. The SMILES string of the molecule is C/C(=C/NCc1nc2cnc3ccc(Cl)cc3c2n1C1CCC1(F)F)N=N. The van der Waals surface area contributed by atoms with Gasteiger partial charge in [-0.25, -0.2) is 19.3 Å². The number of pyridine rings is 1. The lowest BCUT2D eigenvalue weighted by atomic mass is 9.87. The maximum absolute atomic E-state index is 14.3. The molecule has 1 atom stereocenters. The van der Waals surface area contributed by atoms with Crippen molar-refractivity contribution >= 4 is 33.5 Å². The fourth-order valence-corrected chi connectivity index (χ4v) is 3.56. The van der Waals surface area contributed by atoms with Crippen LogP contribution in [0.1, 0.15) is 31.6 Å². The molecular weight excluding hydrogens is 374 g/mol. The number of rotatable bonds is 5. The van der Waals surface area contributed by atoms with Crippen molar-refractivity contribution in [3.63, 3.8) is 0 Å². The van der Waals surface area contributed by atoms with Gasteiger partial charge < -0.3 is 9.88 Å². The Hall–Kier alpha value is -2.61. The summed E-state index contributed by atoms with van der Waals surface area (Å²) in [5, 5.41) is 7.51. The minimum absolute atomic E-state index is 0.134. The summed E-state index contributed by atoms with van der Waals surface area (Å²) in [7, 11) is 0. The number of allylic oxidation sites excluding steroid dienone is 1. The molecule has 0 saturated heterocycles. The smallest absolute Gasteiger partial charge is 0.268 e. The zero-order valence-corrected chi connectivity index (χ0v) is 15.3. The molecule has 1 unspecified atom stereocenters. The fourth-order valence-electron chi connectivity index (χ4n) is 3.39. The Kier molecular flexibility index (Phi) is 4.30. The van der Waals surface area contributed by atoms with Gasteiger partial charge in [-0.05, 0) is 31.5 Å². The number of imidazole rings is 1. The van der Waals surface area contributed by atoms with Crippen LogP contribution in [0.2, 0.25) is 5.02 Å². The number of aromatic nitrogens is 3. The molecule has 1 aromatic carbocycles. The molecule has 2 aromatic heterocycles. The number of nitrogens with zero attached hydrogens (tertiary/aromatic N) is 4. The van der Waals surface area contributed by atoms with Gasteiger partial charge in [-0.2, -0.15) is 5.11 Å². The van der Waals surface area contributed by atoms with E-state index in [1.807, 2.05) is 0 Å². The van der Waals surface area contributed by atoms with Crippen molar-refractivity contribution in [1.82, 2.24) is 19.9 Å². The molecule has 1 fully saturated rings. The second-order valence-electron chi connectivity index (χ2n) is 6.65. The number of nitrogens with one attached hydrogen (secondary N) is 2. The predicted octanol–water partition coefficient (Wildman–Crippen LogP) is 5.19. The van der Waals surface area contributed by atoms with Crippen LogP contribution < -0.4 is 5.32 Å². The van der Waals surface area contributed by atoms with Gasteiger partial charge in [0.25, 0.3) is 5.92 Å². The molecule has 27 heavy (non-hydrogen) atoms. The first kappa shape index (κ1) is 17.8. The molecule has 0 spiro atoms. The summed E-state index contributed by atoms with van der Waals surface area (Å²) < 4.78 is 30.2. The molecule has 2 N–H and O–H groups in total. The van der Waals surface area contributed by atoms with Crippen LogP contribution in [0.5, 0.6) is 0 Å². The van der Waals surface area contributed by atoms with Crippen molar-refractivity contribution in [2.45, 2.75) is 38.3 Å². The molecule has 4 rings (SSSR count). The van der Waals surface area contributed by atoms with Crippen LogP contribution in [0.15, 0.2) is 41.4 Å². The number of hydrogen-bond donors (Lipinski definition) is 2. The molecule has 1 saturated carbocycles. The molecule has 0 radical (unpaired) electrons. The van der Waals surface area contributed by atoms with Crippen LogP contribution >= 0.6 is 11.6 Å². The monoisotopic (exact) mass is 390 g/mol. The summed E-state index contributed by atoms with van der Waals surface area (Å²) in [5.74, 6) is -2.29. The van der Waals surface area contributed by atoms with Gasteiger partial charge in [0.1, 0.15) is 11.3 Å². The predicted molar refractivity (Wildman–Crippen MR) is 99.0 cm³/mol. The van der Waals surface area contributed by atoms with E-state index in [1.165, 1.54) is 0 Å². The maximum atomic E-state index is 14.3. The Balaban J connectivity index is 1.90. The number of hydrogen-bond acceptors (Lipinski definition) is 5. The number of alkyl halides is 2. The van der Waals surface area contributed by atoms with Gasteiger partial charge in [-0.3, -0.25) is 4.98 Å². The molecule has 1 aliphatic rings. The maximum Gasteiger partial charge on any atom is 0.268 e. The van der Waals surface area contributed by atoms with Gasteiger partial charge in [0.15, 0.2) is 0 Å². The third-order valence-corrected chi connectivity index (χ3v) is 5.08. The van der Waals surface area contributed by atoms with E-state index in [2.05, 4.69) is 20.4 Å². The standard InChI is InChI=1S/C18H17ClF2N6/c1-10(26-22)7-23-9-16-25-14-8-24-13-3-2-11(19)6-12(13)17(14)27(16)15-4-5-18(15,20)21/h2-3,6-8,15,22-23H,4-5,9H2,1H3/b10-7-,26-22?. The Morgan fingerprint density at radius 2 is 2.30 bits per heavy atom. The normalized spacial score (nSPS) is 19.3. The summed E-state index contributed by atoms with van der Waals surface area (Å²) in [6.45, 7) is 1.90. The summed E-state index contributed by atoms with van der Waals surface area (Å²) in [6.07, 6.45) is 3.41. The van der Waals surface area contributed by atoms with Crippen molar-refractivity contribution in [1.29, 1.82) is 5.53 Å². The van der Waals surface area contributed by atoms with E-state index in [0.717, 1.165) is 0 Å². The van der Waals surface area contributed by atoms with E-state index in [1.54, 1.807) is 42.1 Å². The number of halogens is 3. The molecule has 0 amide bonds. The minimum atomic E-state index is -2.78. The largest absolute Gasteiger partial charge is 0.382 e. The van der Waals surface area contributed by atoms with Crippen LogP contribution in [0, 0.1) is 5.53 Å². The van der Waals surface area contributed by atoms with Crippen LogP contribution in [-0.4, -0.2) is 20.5 Å². The van der Waals surface area contributed by atoms with Crippen molar-refractivity contribution in [3.8, 4) is 0 Å². The van der Waals surface area contributed by atoms with Crippen LogP contribution in [0.25, 0.3) is 21.9 Å². The third-order valence-electron chi connectivity index (χ3n) is 4.85. The fraction of sp³-hybridized carbons (Fsp3) is 0.333. The first-order valence-corrected chi connectivity index (χ1v) is 8.89. The summed E-state index contributed by atoms with van der Waals surface area (Å²) in [4.78, 5) is 8.91. The Bertz CT molecular complexity index is 1070. The Labute approximate surface area is 158 Å². The number of fused-ring (bicyclic) bond motifs is 3. The molecule has 0 bridgehead atoms. The first-order valence-electron chi connectivity index (χ1n) is 8.51. The lowest BCUT2D eigenvalue weighted by Gasteiger charge is -2.38. The van der Waals surface area contributed by atoms with Crippen molar-refractivity contribution in [2.24, 2.45) is 5.11 Å². The van der Waals surface area contributed by atoms with E-state index in [4.69, 9.17) is 17.1 Å². The van der Waals surface area contributed by atoms with Gasteiger partial charge in [0.05, 0.1) is 35.5 Å². The Morgan fingerprint density at radius 1 is 1.48 bits per heavy atom.